The number of carbonyl (C=O) groups excluding carboxylic acids is 1. The van der Waals surface area contributed by atoms with Crippen LogP contribution in [0.3, 0.4) is 0 Å². The van der Waals surface area contributed by atoms with Crippen LogP contribution in [0.4, 0.5) is 0 Å². The molecule has 0 saturated heterocycles. The number of nitrogens with zero attached hydrogens (tertiary/aromatic N) is 2. The molecule has 0 bridgehead atoms. The van der Waals surface area contributed by atoms with Gasteiger partial charge in [0.25, 0.3) is 5.91 Å². The molecule has 0 aromatic carbocycles. The van der Waals surface area contributed by atoms with Crippen molar-refractivity contribution >= 4 is 17.4 Å². The summed E-state index contributed by atoms with van der Waals surface area (Å²) in [5, 5.41) is 15.1. The summed E-state index contributed by atoms with van der Waals surface area (Å²) >= 11 is 1.08. The van der Waals surface area contributed by atoms with Crippen LogP contribution in [0.1, 0.15) is 36.1 Å². The van der Waals surface area contributed by atoms with Crippen LogP contribution in [0.25, 0.3) is 0 Å². The first kappa shape index (κ1) is 12.1. The zero-order chi connectivity index (χ0) is 11.5. The number of carbonyl (C=O) groups is 1. The van der Waals surface area contributed by atoms with Crippen molar-refractivity contribution in [3.05, 3.63) is 10.6 Å². The highest BCUT2D eigenvalue weighted by Gasteiger charge is 2.25. The maximum atomic E-state index is 11.6. The predicted octanol–water partition coefficient (Wildman–Crippen LogP) is 0.558. The quantitative estimate of drug-likeness (QED) is 0.794. The summed E-state index contributed by atoms with van der Waals surface area (Å²) in [6, 6.07) is 0. The van der Waals surface area contributed by atoms with Gasteiger partial charge in [-0.05, 0) is 11.5 Å². The fourth-order valence-electron chi connectivity index (χ4n) is 1.08. The van der Waals surface area contributed by atoms with Gasteiger partial charge < -0.3 is 10.4 Å². The smallest absolute Gasteiger partial charge is 0.265 e. The molecule has 1 heterocycles. The molecule has 1 amide bonds. The van der Waals surface area contributed by atoms with Crippen molar-refractivity contribution in [1.82, 2.24) is 14.9 Å². The summed E-state index contributed by atoms with van der Waals surface area (Å²) in [6.07, 6.45) is 0. The molecule has 0 aliphatic rings. The Bertz CT molecular complexity index is 343. The average Bonchev–Trinajstić information content (AvgIpc) is 2.61. The van der Waals surface area contributed by atoms with Crippen molar-refractivity contribution in [1.29, 1.82) is 0 Å². The van der Waals surface area contributed by atoms with Crippen LogP contribution in [0.2, 0.25) is 0 Å². The van der Waals surface area contributed by atoms with Crippen molar-refractivity contribution in [3.63, 3.8) is 0 Å². The van der Waals surface area contributed by atoms with Gasteiger partial charge in [-0.15, -0.1) is 5.10 Å². The highest BCUT2D eigenvalue weighted by Crippen LogP contribution is 2.25. The van der Waals surface area contributed by atoms with Gasteiger partial charge in [0.1, 0.15) is 4.88 Å². The first-order valence-corrected chi connectivity index (χ1v) is 5.46. The molecule has 0 radical (unpaired) electrons. The highest BCUT2D eigenvalue weighted by atomic mass is 32.1. The number of nitrogens with one attached hydrogen (secondary N) is 1. The van der Waals surface area contributed by atoms with Gasteiger partial charge in [-0.25, -0.2) is 0 Å². The summed E-state index contributed by atoms with van der Waals surface area (Å²) in [4.78, 5) is 12.2. The van der Waals surface area contributed by atoms with Gasteiger partial charge in [-0.3, -0.25) is 4.79 Å². The Kier molecular flexibility index (Phi) is 3.76. The second kappa shape index (κ2) is 4.67. The molecule has 0 saturated carbocycles. The standard InChI is InChI=1S/C9H15N3O2S/c1-9(2,3)7-6(15-12-11-7)8(14)10-4-5-13/h13H,4-5H2,1-3H3,(H,10,14). The molecule has 0 aliphatic heterocycles. The number of amides is 1. The fraction of sp³-hybridized carbons (Fsp3) is 0.667. The van der Waals surface area contributed by atoms with Gasteiger partial charge in [0.2, 0.25) is 0 Å². The van der Waals surface area contributed by atoms with E-state index in [1.807, 2.05) is 20.8 Å². The second-order valence-corrected chi connectivity index (χ2v) is 4.93. The minimum atomic E-state index is -0.219. The van der Waals surface area contributed by atoms with Gasteiger partial charge in [-0.1, -0.05) is 25.3 Å². The SMILES string of the molecule is CC(C)(C)c1nnsc1C(=O)NCCO. The summed E-state index contributed by atoms with van der Waals surface area (Å²) in [6.45, 7) is 6.12. The van der Waals surface area contributed by atoms with Crippen LogP contribution in [0.15, 0.2) is 0 Å². The van der Waals surface area contributed by atoms with Crippen LogP contribution >= 0.6 is 11.5 Å². The largest absolute Gasteiger partial charge is 0.395 e. The molecule has 0 unspecified atom stereocenters. The lowest BCUT2D eigenvalue weighted by atomic mass is 9.91. The lowest BCUT2D eigenvalue weighted by Gasteiger charge is -2.15. The van der Waals surface area contributed by atoms with Gasteiger partial charge in [0, 0.05) is 12.0 Å². The number of aliphatic hydroxyl groups is 1. The predicted molar refractivity (Wildman–Crippen MR) is 58.0 cm³/mol. The first-order valence-electron chi connectivity index (χ1n) is 4.68. The average molecular weight is 229 g/mol. The van der Waals surface area contributed by atoms with E-state index in [9.17, 15) is 4.79 Å². The monoisotopic (exact) mass is 229 g/mol. The molecule has 2 N–H and O–H groups in total. The molecule has 15 heavy (non-hydrogen) atoms. The molecule has 1 rings (SSSR count). The Labute approximate surface area is 92.7 Å². The Hall–Kier alpha value is -1.01. The lowest BCUT2D eigenvalue weighted by Crippen LogP contribution is -2.28. The number of hydrogen-bond donors (Lipinski definition) is 2. The van der Waals surface area contributed by atoms with E-state index in [1.54, 1.807) is 0 Å². The number of aromatic nitrogens is 2. The van der Waals surface area contributed by atoms with E-state index in [2.05, 4.69) is 14.9 Å². The Morgan fingerprint density at radius 1 is 1.53 bits per heavy atom. The summed E-state index contributed by atoms with van der Waals surface area (Å²) < 4.78 is 3.79. The summed E-state index contributed by atoms with van der Waals surface area (Å²) in [5.41, 5.74) is 0.502. The van der Waals surface area contributed by atoms with Gasteiger partial charge in [-0.2, -0.15) is 0 Å². The molecular weight excluding hydrogens is 214 g/mol. The molecule has 0 spiro atoms. The molecule has 1 aromatic heterocycles. The molecule has 1 aromatic rings. The van der Waals surface area contributed by atoms with Gasteiger partial charge in [0.05, 0.1) is 12.3 Å². The third-order valence-electron chi connectivity index (χ3n) is 1.80. The lowest BCUT2D eigenvalue weighted by molar-refractivity contribution is 0.0946. The zero-order valence-electron chi connectivity index (χ0n) is 9.07. The van der Waals surface area contributed by atoms with E-state index in [0.717, 1.165) is 11.5 Å². The molecule has 0 fully saturated rings. The van der Waals surface area contributed by atoms with Crippen LogP contribution in [0, 0.1) is 0 Å². The molecular formula is C9H15N3O2S. The van der Waals surface area contributed by atoms with E-state index in [-0.39, 0.29) is 24.5 Å². The van der Waals surface area contributed by atoms with E-state index in [0.29, 0.717) is 10.6 Å². The number of rotatable bonds is 3. The zero-order valence-corrected chi connectivity index (χ0v) is 9.89. The third kappa shape index (κ3) is 2.97. The van der Waals surface area contributed by atoms with E-state index < -0.39 is 0 Å². The Morgan fingerprint density at radius 3 is 2.73 bits per heavy atom. The van der Waals surface area contributed by atoms with E-state index in [1.165, 1.54) is 0 Å². The van der Waals surface area contributed by atoms with Crippen LogP contribution < -0.4 is 5.32 Å². The third-order valence-corrected chi connectivity index (χ3v) is 2.53. The fourth-order valence-corrected chi connectivity index (χ4v) is 1.87. The molecule has 0 aliphatic carbocycles. The summed E-state index contributed by atoms with van der Waals surface area (Å²) in [5.74, 6) is -0.219. The van der Waals surface area contributed by atoms with Crippen LogP contribution in [0.5, 0.6) is 0 Å². The maximum Gasteiger partial charge on any atom is 0.265 e. The van der Waals surface area contributed by atoms with Crippen molar-refractivity contribution in [2.24, 2.45) is 0 Å². The summed E-state index contributed by atoms with van der Waals surface area (Å²) in [7, 11) is 0. The first-order chi connectivity index (χ1) is 6.96. The number of aliphatic hydroxyl groups excluding tert-OH is 1. The van der Waals surface area contributed by atoms with Gasteiger partial charge in [0.15, 0.2) is 0 Å². The molecule has 84 valence electrons. The Morgan fingerprint density at radius 2 is 2.20 bits per heavy atom. The number of hydrogen-bond acceptors (Lipinski definition) is 5. The minimum absolute atomic E-state index is 0.0666. The van der Waals surface area contributed by atoms with Crippen molar-refractivity contribution < 1.29 is 9.90 Å². The van der Waals surface area contributed by atoms with E-state index >= 15 is 0 Å². The van der Waals surface area contributed by atoms with Crippen molar-refractivity contribution in [3.8, 4) is 0 Å². The van der Waals surface area contributed by atoms with Crippen molar-refractivity contribution in [2.45, 2.75) is 26.2 Å². The molecule has 5 nitrogen and oxygen atoms in total. The molecule has 6 heteroatoms. The minimum Gasteiger partial charge on any atom is -0.395 e. The molecule has 0 atom stereocenters. The maximum absolute atomic E-state index is 11.6. The van der Waals surface area contributed by atoms with Crippen LogP contribution in [-0.2, 0) is 5.41 Å². The Balaban J connectivity index is 2.86. The normalized spacial score (nSPS) is 11.5. The van der Waals surface area contributed by atoms with Gasteiger partial charge >= 0.3 is 0 Å². The second-order valence-electron chi connectivity index (χ2n) is 4.18. The van der Waals surface area contributed by atoms with Crippen LogP contribution in [-0.4, -0.2) is 33.8 Å². The highest BCUT2D eigenvalue weighted by molar-refractivity contribution is 7.08. The topological polar surface area (TPSA) is 75.1 Å². The van der Waals surface area contributed by atoms with Crippen molar-refractivity contribution in [2.75, 3.05) is 13.2 Å². The van der Waals surface area contributed by atoms with E-state index in [4.69, 9.17) is 5.11 Å².